The average molecular weight is 576 g/mol. The van der Waals surface area contributed by atoms with E-state index in [1.807, 2.05) is 32.9 Å². The number of hydrogen-bond acceptors (Lipinski definition) is 9. The van der Waals surface area contributed by atoms with Gasteiger partial charge in [-0.05, 0) is 51.0 Å². The van der Waals surface area contributed by atoms with Crippen LogP contribution in [0.4, 0.5) is 0 Å². The van der Waals surface area contributed by atoms with Gasteiger partial charge < -0.3 is 24.1 Å². The summed E-state index contributed by atoms with van der Waals surface area (Å²) in [5.74, 6) is -1.82. The fourth-order valence-corrected chi connectivity index (χ4v) is 8.14. The molecule has 0 bridgehead atoms. The molecule has 2 aliphatic heterocycles. The van der Waals surface area contributed by atoms with Gasteiger partial charge in [-0.2, -0.15) is 0 Å². The van der Waals surface area contributed by atoms with Crippen LogP contribution in [0.15, 0.2) is 66.5 Å². The maximum Gasteiger partial charge on any atom is 0.340 e. The molecule has 0 radical (unpaired) electrons. The highest BCUT2D eigenvalue weighted by Gasteiger charge is 2.75. The van der Waals surface area contributed by atoms with Gasteiger partial charge in [-0.25, -0.2) is 9.59 Å². The summed E-state index contributed by atoms with van der Waals surface area (Å²) in [4.78, 5) is 43.2. The smallest absolute Gasteiger partial charge is 0.340 e. The molecule has 6 rings (SSSR count). The zero-order chi connectivity index (χ0) is 29.9. The molecule has 9 heteroatoms. The predicted octanol–water partition coefficient (Wildman–Crippen LogP) is 4.44. The van der Waals surface area contributed by atoms with Crippen molar-refractivity contribution in [1.82, 2.24) is 4.98 Å². The van der Waals surface area contributed by atoms with E-state index in [9.17, 15) is 19.5 Å². The molecule has 0 amide bonds. The molecule has 1 saturated carbocycles. The van der Waals surface area contributed by atoms with Crippen LogP contribution >= 0.6 is 0 Å². The zero-order valence-electron chi connectivity index (χ0n) is 24.4. The number of pyridine rings is 1. The monoisotopic (exact) mass is 575 g/mol. The first-order valence-electron chi connectivity index (χ1n) is 14.5. The van der Waals surface area contributed by atoms with Gasteiger partial charge in [0, 0.05) is 35.6 Å². The summed E-state index contributed by atoms with van der Waals surface area (Å²) in [6.07, 6.45) is 3.72. The van der Waals surface area contributed by atoms with E-state index >= 15 is 0 Å². The highest BCUT2D eigenvalue weighted by Crippen LogP contribution is 2.68. The summed E-state index contributed by atoms with van der Waals surface area (Å²) < 4.78 is 24.7. The fourth-order valence-electron chi connectivity index (χ4n) is 8.14. The minimum atomic E-state index is -1.28. The van der Waals surface area contributed by atoms with Crippen LogP contribution in [0.5, 0.6) is 0 Å². The SMILES string of the molecule is CC1=CC[C@@H](OC(=O)c2ccccc2)[C@H]2[C@@]1(C)[C@@H](OC(=O)c1cccnc1)[C@H](O)[C@]1(C)OC3(CC[C@]21C)COC(=O)C3. The van der Waals surface area contributed by atoms with E-state index in [0.29, 0.717) is 24.8 Å². The molecule has 9 nitrogen and oxygen atoms in total. The minimum Gasteiger partial charge on any atom is -0.463 e. The van der Waals surface area contributed by atoms with Crippen LogP contribution in [0, 0.1) is 16.7 Å². The van der Waals surface area contributed by atoms with Crippen molar-refractivity contribution in [2.24, 2.45) is 16.7 Å². The molecular weight excluding hydrogens is 538 g/mol. The topological polar surface area (TPSA) is 121 Å². The highest BCUT2D eigenvalue weighted by atomic mass is 16.6. The molecule has 1 aromatic carbocycles. The molecule has 1 unspecified atom stereocenters. The third-order valence-electron chi connectivity index (χ3n) is 10.7. The van der Waals surface area contributed by atoms with Crippen molar-refractivity contribution in [3.63, 3.8) is 0 Å². The normalized spacial score (nSPS) is 39.0. The van der Waals surface area contributed by atoms with E-state index in [-0.39, 0.29) is 24.6 Å². The van der Waals surface area contributed by atoms with E-state index < -0.39 is 58.2 Å². The average Bonchev–Trinajstić information content (AvgIpc) is 3.35. The Morgan fingerprint density at radius 3 is 2.38 bits per heavy atom. The summed E-state index contributed by atoms with van der Waals surface area (Å²) in [5, 5.41) is 12.3. The Bertz CT molecular complexity index is 1430. The second-order valence-electron chi connectivity index (χ2n) is 12.9. The van der Waals surface area contributed by atoms with E-state index in [4.69, 9.17) is 18.9 Å². The Labute approximate surface area is 245 Å². The van der Waals surface area contributed by atoms with Crippen LogP contribution in [0.25, 0.3) is 0 Å². The first kappa shape index (κ1) is 28.6. The molecule has 3 heterocycles. The molecule has 3 fully saturated rings. The quantitative estimate of drug-likeness (QED) is 0.320. The standard InChI is InChI=1S/C33H37NO8/c1-20-12-13-23(40-28(37)21-9-6-5-7-10-21)25-30(2)14-15-33(17-24(35)39-19-33)42-32(30,4)26(36)27(31(20,25)3)41-29(38)22-11-8-16-34-18-22/h5-12,16,18,23,25-27,36H,13-15,17,19H2,1-4H3/t23-,25-,26+,27+,30-,31+,32+,33?/m1/s1. The van der Waals surface area contributed by atoms with Crippen LogP contribution in [-0.2, 0) is 23.7 Å². The Kier molecular flexibility index (Phi) is 6.81. The van der Waals surface area contributed by atoms with Crippen molar-refractivity contribution in [3.05, 3.63) is 77.6 Å². The number of cyclic esters (lactones) is 1. The van der Waals surface area contributed by atoms with Gasteiger partial charge in [0.25, 0.3) is 0 Å². The zero-order valence-corrected chi connectivity index (χ0v) is 24.4. The van der Waals surface area contributed by atoms with Gasteiger partial charge in [0.15, 0.2) is 0 Å². The lowest BCUT2D eigenvalue weighted by atomic mass is 9.42. The van der Waals surface area contributed by atoms with Gasteiger partial charge >= 0.3 is 17.9 Å². The summed E-state index contributed by atoms with van der Waals surface area (Å²) in [5.41, 5.74) is -2.21. The number of benzene rings is 1. The van der Waals surface area contributed by atoms with Gasteiger partial charge in [-0.1, -0.05) is 43.7 Å². The lowest BCUT2D eigenvalue weighted by Gasteiger charge is -2.69. The second-order valence-corrected chi connectivity index (χ2v) is 12.9. The molecular formula is C33H37NO8. The minimum absolute atomic E-state index is 0.0822. The number of aromatic nitrogens is 1. The third kappa shape index (κ3) is 4.20. The molecule has 1 N–H and O–H groups in total. The van der Waals surface area contributed by atoms with E-state index in [0.717, 1.165) is 5.57 Å². The molecule has 222 valence electrons. The molecule has 8 atom stereocenters. The number of ether oxygens (including phenoxy) is 4. The molecule has 2 aliphatic carbocycles. The number of carbonyl (C=O) groups excluding carboxylic acids is 3. The second kappa shape index (κ2) is 10.0. The van der Waals surface area contributed by atoms with E-state index in [1.54, 1.807) is 42.6 Å². The van der Waals surface area contributed by atoms with Crippen molar-refractivity contribution >= 4 is 17.9 Å². The van der Waals surface area contributed by atoms with E-state index in [1.165, 1.54) is 6.20 Å². The lowest BCUT2D eigenvalue weighted by molar-refractivity contribution is -0.346. The molecule has 1 aromatic heterocycles. The van der Waals surface area contributed by atoms with Crippen LogP contribution in [-0.4, -0.2) is 64.1 Å². The molecule has 2 saturated heterocycles. The van der Waals surface area contributed by atoms with Gasteiger partial charge in [-0.3, -0.25) is 9.78 Å². The number of carbonyl (C=O) groups is 3. The number of aliphatic hydroxyl groups excluding tert-OH is 1. The lowest BCUT2D eigenvalue weighted by Crippen LogP contribution is -2.78. The fraction of sp³-hybridized carbons (Fsp3) is 0.515. The van der Waals surface area contributed by atoms with Crippen molar-refractivity contribution < 1.29 is 38.4 Å². The highest BCUT2D eigenvalue weighted by molar-refractivity contribution is 5.90. The Balaban J connectivity index is 1.46. The predicted molar refractivity (Wildman–Crippen MR) is 150 cm³/mol. The number of esters is 3. The van der Waals surface area contributed by atoms with Crippen molar-refractivity contribution in [1.29, 1.82) is 0 Å². The number of nitrogens with zero attached hydrogens (tertiary/aromatic N) is 1. The maximum atomic E-state index is 13.5. The van der Waals surface area contributed by atoms with Crippen LogP contribution in [0.1, 0.15) is 74.1 Å². The number of hydrogen-bond donors (Lipinski definition) is 1. The first-order valence-corrected chi connectivity index (χ1v) is 14.5. The summed E-state index contributed by atoms with van der Waals surface area (Å²) in [6.45, 7) is 7.94. The van der Waals surface area contributed by atoms with E-state index in [2.05, 4.69) is 11.9 Å². The summed E-state index contributed by atoms with van der Waals surface area (Å²) in [7, 11) is 0. The first-order chi connectivity index (χ1) is 19.9. The van der Waals surface area contributed by atoms with Crippen LogP contribution in [0.2, 0.25) is 0 Å². The van der Waals surface area contributed by atoms with Crippen LogP contribution in [0.3, 0.4) is 0 Å². The van der Waals surface area contributed by atoms with Crippen molar-refractivity contribution in [3.8, 4) is 0 Å². The van der Waals surface area contributed by atoms with Crippen LogP contribution < -0.4 is 0 Å². The largest absolute Gasteiger partial charge is 0.463 e. The molecule has 42 heavy (non-hydrogen) atoms. The Morgan fingerprint density at radius 2 is 1.71 bits per heavy atom. The number of aliphatic hydroxyl groups is 1. The molecule has 2 aromatic rings. The number of fused-ring (bicyclic) bond motifs is 3. The van der Waals surface area contributed by atoms with Gasteiger partial charge in [0.2, 0.25) is 0 Å². The molecule has 1 spiro atoms. The van der Waals surface area contributed by atoms with Gasteiger partial charge in [0.05, 0.1) is 17.5 Å². The van der Waals surface area contributed by atoms with Gasteiger partial charge in [0.1, 0.15) is 36.1 Å². The number of rotatable bonds is 4. The Hall–Kier alpha value is -3.56. The van der Waals surface area contributed by atoms with Crippen molar-refractivity contribution in [2.45, 2.75) is 82.9 Å². The Morgan fingerprint density at radius 1 is 1.00 bits per heavy atom. The summed E-state index contributed by atoms with van der Waals surface area (Å²) >= 11 is 0. The summed E-state index contributed by atoms with van der Waals surface area (Å²) in [6, 6.07) is 12.1. The third-order valence-corrected chi connectivity index (χ3v) is 10.7. The maximum absolute atomic E-state index is 13.5. The molecule has 4 aliphatic rings. The van der Waals surface area contributed by atoms with Gasteiger partial charge in [-0.15, -0.1) is 0 Å². The van der Waals surface area contributed by atoms with Crippen molar-refractivity contribution in [2.75, 3.05) is 6.61 Å².